The molecule has 2 aliphatic rings. The minimum Gasteiger partial charge on any atom is -0.480 e. The second-order valence-electron chi connectivity index (χ2n) is 5.93. The minimum absolute atomic E-state index is 0.289. The van der Waals surface area contributed by atoms with E-state index in [1.165, 1.54) is 6.42 Å². The molecule has 0 radical (unpaired) electrons. The van der Waals surface area contributed by atoms with Gasteiger partial charge in [0.1, 0.15) is 6.04 Å². The average Bonchev–Trinajstić information content (AvgIpc) is 2.95. The molecule has 0 amide bonds. The Balaban J connectivity index is 1.89. The summed E-state index contributed by atoms with van der Waals surface area (Å²) in [6.07, 6.45) is 5.74. The predicted octanol–water partition coefficient (Wildman–Crippen LogP) is 2.26. The van der Waals surface area contributed by atoms with Gasteiger partial charge < -0.3 is 10.4 Å². The summed E-state index contributed by atoms with van der Waals surface area (Å²) in [5, 5.41) is 12.6. The van der Waals surface area contributed by atoms with E-state index in [2.05, 4.69) is 19.2 Å². The van der Waals surface area contributed by atoms with Gasteiger partial charge in [-0.25, -0.2) is 0 Å². The fraction of sp³-hybridized carbons (Fsp3) is 0.923. The van der Waals surface area contributed by atoms with Gasteiger partial charge >= 0.3 is 5.97 Å². The van der Waals surface area contributed by atoms with Gasteiger partial charge in [-0.3, -0.25) is 4.79 Å². The molecule has 2 fully saturated rings. The number of carbonyl (C=O) groups is 1. The van der Waals surface area contributed by atoms with E-state index < -0.39 is 5.97 Å². The zero-order chi connectivity index (χ0) is 11.7. The molecule has 2 rings (SSSR count). The minimum atomic E-state index is -0.659. The van der Waals surface area contributed by atoms with Gasteiger partial charge in [-0.15, -0.1) is 0 Å². The molecule has 2 aliphatic carbocycles. The Kier molecular flexibility index (Phi) is 3.53. The van der Waals surface area contributed by atoms with E-state index in [4.69, 9.17) is 0 Å². The lowest BCUT2D eigenvalue weighted by atomic mass is 9.80. The fourth-order valence-corrected chi connectivity index (χ4v) is 3.18. The highest BCUT2D eigenvalue weighted by molar-refractivity contribution is 5.74. The topological polar surface area (TPSA) is 49.3 Å². The molecule has 0 aliphatic heterocycles. The van der Waals surface area contributed by atoms with Gasteiger partial charge in [-0.1, -0.05) is 13.8 Å². The van der Waals surface area contributed by atoms with Crippen LogP contribution in [0.3, 0.4) is 0 Å². The van der Waals surface area contributed by atoms with Crippen molar-refractivity contribution in [3.63, 3.8) is 0 Å². The Hall–Kier alpha value is -0.570. The van der Waals surface area contributed by atoms with Crippen molar-refractivity contribution in [2.75, 3.05) is 0 Å². The smallest absolute Gasteiger partial charge is 0.320 e. The number of carboxylic acids is 1. The maximum absolute atomic E-state index is 11.2. The maximum Gasteiger partial charge on any atom is 0.320 e. The van der Waals surface area contributed by atoms with Crippen molar-refractivity contribution in [2.45, 2.75) is 58.0 Å². The molecule has 0 aromatic rings. The highest BCUT2D eigenvalue weighted by Gasteiger charge is 2.38. The molecule has 0 heterocycles. The number of hydrogen-bond acceptors (Lipinski definition) is 2. The van der Waals surface area contributed by atoms with Gasteiger partial charge in [-0.05, 0) is 49.9 Å². The molecule has 0 spiro atoms. The Bertz CT molecular complexity index is 253. The molecule has 0 saturated heterocycles. The van der Waals surface area contributed by atoms with Gasteiger partial charge in [0.05, 0.1) is 0 Å². The summed E-state index contributed by atoms with van der Waals surface area (Å²) >= 11 is 0. The Labute approximate surface area is 97.6 Å². The molecule has 2 saturated carbocycles. The normalized spacial score (nSPS) is 37.0. The number of aliphatic carboxylic acids is 1. The van der Waals surface area contributed by atoms with Crippen LogP contribution in [0.4, 0.5) is 0 Å². The third-order valence-corrected chi connectivity index (χ3v) is 3.95. The van der Waals surface area contributed by atoms with Crippen LogP contribution in [0.25, 0.3) is 0 Å². The summed E-state index contributed by atoms with van der Waals surface area (Å²) in [5.41, 5.74) is 0. The molecule has 0 aromatic carbocycles. The van der Waals surface area contributed by atoms with E-state index in [0.29, 0.717) is 12.0 Å². The molecule has 0 bridgehead atoms. The quantitative estimate of drug-likeness (QED) is 0.771. The second-order valence-corrected chi connectivity index (χ2v) is 5.93. The van der Waals surface area contributed by atoms with E-state index in [1.807, 2.05) is 0 Å². The number of hydrogen-bond donors (Lipinski definition) is 2. The zero-order valence-corrected chi connectivity index (χ0v) is 10.3. The fourth-order valence-electron chi connectivity index (χ4n) is 3.18. The molecular formula is C13H23NO2. The van der Waals surface area contributed by atoms with Crippen LogP contribution in [0.5, 0.6) is 0 Å². The van der Waals surface area contributed by atoms with Crippen molar-refractivity contribution < 1.29 is 9.90 Å². The maximum atomic E-state index is 11.2. The number of nitrogens with one attached hydrogen (secondary N) is 1. The van der Waals surface area contributed by atoms with Gasteiger partial charge in [0.25, 0.3) is 0 Å². The first-order chi connectivity index (χ1) is 7.56. The van der Waals surface area contributed by atoms with E-state index in [-0.39, 0.29) is 6.04 Å². The van der Waals surface area contributed by atoms with E-state index in [1.54, 1.807) is 0 Å². The van der Waals surface area contributed by atoms with Crippen LogP contribution < -0.4 is 5.32 Å². The summed E-state index contributed by atoms with van der Waals surface area (Å²) in [5.74, 6) is 1.20. The third-order valence-electron chi connectivity index (χ3n) is 3.95. The van der Waals surface area contributed by atoms with Gasteiger partial charge in [0.15, 0.2) is 0 Å². The van der Waals surface area contributed by atoms with Crippen molar-refractivity contribution in [2.24, 2.45) is 17.8 Å². The van der Waals surface area contributed by atoms with E-state index in [0.717, 1.165) is 37.5 Å². The largest absolute Gasteiger partial charge is 0.480 e. The van der Waals surface area contributed by atoms with E-state index >= 15 is 0 Å². The average molecular weight is 225 g/mol. The molecule has 2 N–H and O–H groups in total. The molecule has 3 atom stereocenters. The zero-order valence-electron chi connectivity index (χ0n) is 10.3. The Morgan fingerprint density at radius 3 is 2.19 bits per heavy atom. The summed E-state index contributed by atoms with van der Waals surface area (Å²) < 4.78 is 0. The summed E-state index contributed by atoms with van der Waals surface area (Å²) in [6, 6.07) is 0.128. The van der Waals surface area contributed by atoms with Crippen LogP contribution in [0.2, 0.25) is 0 Å². The van der Waals surface area contributed by atoms with Crippen LogP contribution in [0.15, 0.2) is 0 Å². The van der Waals surface area contributed by atoms with Gasteiger partial charge in [-0.2, -0.15) is 0 Å². The molecule has 92 valence electrons. The number of rotatable bonds is 4. The molecule has 3 nitrogen and oxygen atoms in total. The van der Waals surface area contributed by atoms with Gasteiger partial charge in [0.2, 0.25) is 0 Å². The first kappa shape index (κ1) is 11.9. The van der Waals surface area contributed by atoms with Crippen molar-refractivity contribution in [1.82, 2.24) is 5.32 Å². The second kappa shape index (κ2) is 4.74. The number of carboxylic acid groups (broad SMARTS) is 1. The highest BCUT2D eigenvalue weighted by Crippen LogP contribution is 2.35. The molecular weight excluding hydrogens is 202 g/mol. The van der Waals surface area contributed by atoms with E-state index in [9.17, 15) is 9.90 Å². The van der Waals surface area contributed by atoms with Crippen LogP contribution in [-0.2, 0) is 4.79 Å². The summed E-state index contributed by atoms with van der Waals surface area (Å²) in [6.45, 7) is 4.55. The lowest BCUT2D eigenvalue weighted by molar-refractivity contribution is -0.140. The first-order valence-corrected chi connectivity index (χ1v) is 6.55. The van der Waals surface area contributed by atoms with Crippen molar-refractivity contribution in [3.05, 3.63) is 0 Å². The predicted molar refractivity (Wildman–Crippen MR) is 63.3 cm³/mol. The van der Waals surface area contributed by atoms with Crippen LogP contribution >= 0.6 is 0 Å². The van der Waals surface area contributed by atoms with Crippen LogP contribution in [0.1, 0.15) is 46.0 Å². The molecule has 16 heavy (non-hydrogen) atoms. The lowest BCUT2D eigenvalue weighted by Gasteiger charge is -2.33. The Morgan fingerprint density at radius 1 is 1.19 bits per heavy atom. The van der Waals surface area contributed by atoms with Gasteiger partial charge in [0, 0.05) is 6.04 Å². The standard InChI is InChI=1S/C13H23NO2/c1-8-5-9(2)7-11(6-8)14-12(13(15)16)10-3-4-10/h8-12,14H,3-7H2,1-2H3,(H,15,16). The summed E-state index contributed by atoms with van der Waals surface area (Å²) in [7, 11) is 0. The van der Waals surface area contributed by atoms with Crippen molar-refractivity contribution in [1.29, 1.82) is 0 Å². The highest BCUT2D eigenvalue weighted by atomic mass is 16.4. The molecule has 3 unspecified atom stereocenters. The molecule has 3 heteroatoms. The summed E-state index contributed by atoms with van der Waals surface area (Å²) in [4.78, 5) is 11.2. The molecule has 0 aromatic heterocycles. The van der Waals surface area contributed by atoms with Crippen molar-refractivity contribution in [3.8, 4) is 0 Å². The monoisotopic (exact) mass is 225 g/mol. The SMILES string of the molecule is CC1CC(C)CC(NC(C(=O)O)C2CC2)C1. The van der Waals surface area contributed by atoms with Crippen molar-refractivity contribution >= 4 is 5.97 Å². The first-order valence-electron chi connectivity index (χ1n) is 6.55. The third kappa shape index (κ3) is 2.97. The van der Waals surface area contributed by atoms with Crippen LogP contribution in [-0.4, -0.2) is 23.2 Å². The lowest BCUT2D eigenvalue weighted by Crippen LogP contribution is -2.47. The van der Waals surface area contributed by atoms with Crippen LogP contribution in [0, 0.1) is 17.8 Å². The Morgan fingerprint density at radius 2 is 1.75 bits per heavy atom.